The van der Waals surface area contributed by atoms with Crippen molar-refractivity contribution >= 4 is 11.1 Å². The fraction of sp³-hybridized carbons (Fsp3) is 0.167. The standard InChI is InChI=1S/C6H7NO3S.Na/c1-10-6-5(11(8)9)3-2-4-7-6;/h2-4H,1H3,(H,8,9);/q;+1/p-1. The maximum atomic E-state index is 10.5. The summed E-state index contributed by atoms with van der Waals surface area (Å²) >= 11 is -2.28. The van der Waals surface area contributed by atoms with Gasteiger partial charge in [-0.25, -0.2) is 4.98 Å². The second-order valence-electron chi connectivity index (χ2n) is 1.75. The summed E-state index contributed by atoms with van der Waals surface area (Å²) in [6, 6.07) is 2.96. The van der Waals surface area contributed by atoms with Crippen LogP contribution in [-0.2, 0) is 11.1 Å². The molecular formula is C6H6NNaO3S. The molecule has 4 nitrogen and oxygen atoms in total. The van der Waals surface area contributed by atoms with E-state index in [1.165, 1.54) is 25.4 Å². The molecule has 0 N–H and O–H groups in total. The summed E-state index contributed by atoms with van der Waals surface area (Å²) in [7, 11) is 1.37. The smallest absolute Gasteiger partial charge is 0.768 e. The van der Waals surface area contributed by atoms with E-state index in [4.69, 9.17) is 4.74 Å². The molecule has 1 aromatic rings. The van der Waals surface area contributed by atoms with Crippen LogP contribution >= 0.6 is 0 Å². The van der Waals surface area contributed by atoms with Gasteiger partial charge in [-0.2, -0.15) is 0 Å². The number of hydrogen-bond donors (Lipinski definition) is 0. The zero-order chi connectivity index (χ0) is 8.27. The summed E-state index contributed by atoms with van der Waals surface area (Å²) in [4.78, 5) is 3.78. The molecule has 1 aromatic heterocycles. The Bertz CT molecular complexity index is 281. The molecule has 1 heterocycles. The molecule has 0 aliphatic heterocycles. The molecule has 0 amide bonds. The van der Waals surface area contributed by atoms with Crippen molar-refractivity contribution in [1.82, 2.24) is 4.98 Å². The molecule has 0 spiro atoms. The Labute approximate surface area is 94.9 Å². The molecule has 6 heteroatoms. The van der Waals surface area contributed by atoms with E-state index >= 15 is 0 Å². The van der Waals surface area contributed by atoms with Gasteiger partial charge in [0.15, 0.2) is 0 Å². The third-order valence-corrected chi connectivity index (χ3v) is 1.78. The summed E-state index contributed by atoms with van der Waals surface area (Å²) in [5, 5.41) is 0. The zero-order valence-electron chi connectivity index (χ0n) is 6.81. The molecule has 60 valence electrons. The fourth-order valence-corrected chi connectivity index (χ4v) is 1.12. The second kappa shape index (κ2) is 5.66. The minimum Gasteiger partial charge on any atom is -0.768 e. The Balaban J connectivity index is 0.00000121. The Morgan fingerprint density at radius 3 is 2.75 bits per heavy atom. The van der Waals surface area contributed by atoms with Crippen LogP contribution in [0.25, 0.3) is 0 Å². The van der Waals surface area contributed by atoms with Gasteiger partial charge in [-0.15, -0.1) is 0 Å². The van der Waals surface area contributed by atoms with E-state index in [9.17, 15) is 8.76 Å². The first kappa shape index (κ1) is 12.1. The quantitative estimate of drug-likeness (QED) is 0.381. The van der Waals surface area contributed by atoms with E-state index in [1.54, 1.807) is 0 Å². The van der Waals surface area contributed by atoms with E-state index in [0.717, 1.165) is 0 Å². The van der Waals surface area contributed by atoms with Gasteiger partial charge in [0.1, 0.15) is 0 Å². The predicted molar refractivity (Wildman–Crippen MR) is 38.0 cm³/mol. The third-order valence-electron chi connectivity index (χ3n) is 1.11. The number of methoxy groups -OCH3 is 1. The molecule has 12 heavy (non-hydrogen) atoms. The van der Waals surface area contributed by atoms with Gasteiger partial charge in [0.2, 0.25) is 5.88 Å². The van der Waals surface area contributed by atoms with Gasteiger partial charge in [0.25, 0.3) is 0 Å². The van der Waals surface area contributed by atoms with Crippen LogP contribution in [-0.4, -0.2) is 20.9 Å². The van der Waals surface area contributed by atoms with Crippen LogP contribution in [0.5, 0.6) is 5.88 Å². The third kappa shape index (κ3) is 2.84. The minimum atomic E-state index is -2.28. The van der Waals surface area contributed by atoms with Gasteiger partial charge in [-0.3, -0.25) is 4.21 Å². The van der Waals surface area contributed by atoms with E-state index < -0.39 is 11.1 Å². The van der Waals surface area contributed by atoms with Crippen molar-refractivity contribution in [3.63, 3.8) is 0 Å². The first-order valence-corrected chi connectivity index (χ1v) is 3.91. The van der Waals surface area contributed by atoms with Crippen molar-refractivity contribution in [2.45, 2.75) is 4.90 Å². The van der Waals surface area contributed by atoms with Crippen molar-refractivity contribution in [3.8, 4) is 5.88 Å². The summed E-state index contributed by atoms with van der Waals surface area (Å²) in [5.41, 5.74) is 0. The van der Waals surface area contributed by atoms with Gasteiger partial charge in [0, 0.05) is 6.20 Å². The Morgan fingerprint density at radius 1 is 1.67 bits per heavy atom. The van der Waals surface area contributed by atoms with Crippen LogP contribution in [0.4, 0.5) is 0 Å². The molecule has 0 saturated heterocycles. The summed E-state index contributed by atoms with van der Waals surface area (Å²) < 4.78 is 25.6. The minimum absolute atomic E-state index is 0. The molecule has 0 radical (unpaired) electrons. The maximum absolute atomic E-state index is 10.5. The van der Waals surface area contributed by atoms with E-state index in [0.29, 0.717) is 0 Å². The van der Waals surface area contributed by atoms with Crippen LogP contribution in [0.1, 0.15) is 0 Å². The van der Waals surface area contributed by atoms with Crippen molar-refractivity contribution in [3.05, 3.63) is 18.3 Å². The number of nitrogens with zero attached hydrogens (tertiary/aromatic N) is 1. The van der Waals surface area contributed by atoms with Crippen molar-refractivity contribution < 1.29 is 43.1 Å². The largest absolute Gasteiger partial charge is 1.00 e. The average molecular weight is 195 g/mol. The first-order valence-electron chi connectivity index (χ1n) is 2.84. The van der Waals surface area contributed by atoms with Gasteiger partial charge < -0.3 is 9.29 Å². The SMILES string of the molecule is COc1ncccc1S(=O)[O-].[Na+]. The normalized spacial score (nSPS) is 11.5. The summed E-state index contributed by atoms with van der Waals surface area (Å²) in [6.07, 6.45) is 1.47. The van der Waals surface area contributed by atoms with Crippen LogP contribution < -0.4 is 34.3 Å². The number of rotatable bonds is 2. The summed E-state index contributed by atoms with van der Waals surface area (Å²) in [6.45, 7) is 0. The number of hydrogen-bond acceptors (Lipinski definition) is 4. The molecule has 0 aliphatic rings. The number of aromatic nitrogens is 1. The number of ether oxygens (including phenoxy) is 1. The van der Waals surface area contributed by atoms with E-state index in [-0.39, 0.29) is 40.3 Å². The first-order chi connectivity index (χ1) is 5.25. The van der Waals surface area contributed by atoms with Gasteiger partial charge in [-0.1, -0.05) is 0 Å². The van der Waals surface area contributed by atoms with Crippen LogP contribution in [0.15, 0.2) is 23.2 Å². The molecular weight excluding hydrogens is 189 g/mol. The number of pyridine rings is 1. The van der Waals surface area contributed by atoms with Crippen LogP contribution in [0.3, 0.4) is 0 Å². The molecule has 1 atom stereocenters. The van der Waals surface area contributed by atoms with E-state index in [2.05, 4.69) is 4.98 Å². The monoisotopic (exact) mass is 195 g/mol. The average Bonchev–Trinajstić information content (AvgIpc) is 2.04. The molecule has 0 aliphatic carbocycles. The second-order valence-corrected chi connectivity index (χ2v) is 2.65. The Kier molecular flexibility index (Phi) is 5.69. The van der Waals surface area contributed by atoms with Crippen LogP contribution in [0.2, 0.25) is 0 Å². The van der Waals surface area contributed by atoms with Gasteiger partial charge in [0.05, 0.1) is 12.0 Å². The molecule has 0 saturated carbocycles. The van der Waals surface area contributed by atoms with Crippen molar-refractivity contribution in [2.75, 3.05) is 7.11 Å². The molecule has 0 fully saturated rings. The molecule has 1 rings (SSSR count). The van der Waals surface area contributed by atoms with Crippen molar-refractivity contribution in [2.24, 2.45) is 0 Å². The van der Waals surface area contributed by atoms with Crippen LogP contribution in [0, 0.1) is 0 Å². The molecule has 0 bridgehead atoms. The molecule has 1 unspecified atom stereocenters. The van der Waals surface area contributed by atoms with Gasteiger partial charge >= 0.3 is 29.6 Å². The molecule has 0 aromatic carbocycles. The van der Waals surface area contributed by atoms with Gasteiger partial charge in [-0.05, 0) is 23.2 Å². The Morgan fingerprint density at radius 2 is 2.33 bits per heavy atom. The Hall–Kier alpha value is 0.0600. The zero-order valence-corrected chi connectivity index (χ0v) is 9.63. The summed E-state index contributed by atoms with van der Waals surface area (Å²) in [5.74, 6) is 0.126. The van der Waals surface area contributed by atoms with E-state index in [1.807, 2.05) is 0 Å². The topological polar surface area (TPSA) is 62.2 Å². The predicted octanol–water partition coefficient (Wildman–Crippen LogP) is -2.67. The van der Waals surface area contributed by atoms with Crippen molar-refractivity contribution in [1.29, 1.82) is 0 Å². The maximum Gasteiger partial charge on any atom is 1.00 e. The fourth-order valence-electron chi connectivity index (χ4n) is 0.656.